The third kappa shape index (κ3) is 3.86. The van der Waals surface area contributed by atoms with E-state index < -0.39 is 0 Å². The lowest BCUT2D eigenvalue weighted by Gasteiger charge is -2.07. The van der Waals surface area contributed by atoms with Gasteiger partial charge >= 0.3 is 0 Å². The first-order valence-electron chi connectivity index (χ1n) is 7.60. The Kier molecular flexibility index (Phi) is 5.33. The molecule has 24 heavy (non-hydrogen) atoms. The second-order valence-electron chi connectivity index (χ2n) is 5.29. The van der Waals surface area contributed by atoms with E-state index in [9.17, 15) is 9.18 Å². The number of para-hydroxylation sites is 1. The van der Waals surface area contributed by atoms with Crippen LogP contribution in [0.2, 0.25) is 5.02 Å². The summed E-state index contributed by atoms with van der Waals surface area (Å²) in [4.78, 5) is 12.7. The maximum atomic E-state index is 13.3. The Balaban J connectivity index is 1.53. The van der Waals surface area contributed by atoms with Gasteiger partial charge in [0.2, 0.25) is 0 Å². The summed E-state index contributed by atoms with van der Waals surface area (Å²) in [6.07, 6.45) is 0.789. The van der Waals surface area contributed by atoms with Gasteiger partial charge in [0, 0.05) is 28.9 Å². The Morgan fingerprint density at radius 2 is 1.92 bits per heavy atom. The minimum atomic E-state index is -0.334. The lowest BCUT2D eigenvalue weighted by Crippen LogP contribution is -2.25. The van der Waals surface area contributed by atoms with Crippen molar-refractivity contribution in [3.05, 3.63) is 64.2 Å². The fourth-order valence-electron chi connectivity index (χ4n) is 2.34. The van der Waals surface area contributed by atoms with Crippen LogP contribution in [0.4, 0.5) is 10.1 Å². The number of benzene rings is 2. The van der Waals surface area contributed by atoms with Gasteiger partial charge in [-0.1, -0.05) is 29.8 Å². The van der Waals surface area contributed by atoms with E-state index in [0.717, 1.165) is 18.7 Å². The maximum absolute atomic E-state index is 13.3. The second-order valence-corrected chi connectivity index (χ2v) is 6.72. The van der Waals surface area contributed by atoms with E-state index in [1.54, 1.807) is 6.07 Å². The molecule has 0 saturated carbocycles. The molecule has 0 aliphatic carbocycles. The Hall–Kier alpha value is -2.11. The number of nitrogens with one attached hydrogen (secondary N) is 2. The molecule has 0 unspecified atom stereocenters. The number of halogens is 2. The molecule has 0 radical (unpaired) electrons. The zero-order valence-electron chi connectivity index (χ0n) is 12.8. The summed E-state index contributed by atoms with van der Waals surface area (Å²) in [5.41, 5.74) is 1.05. The zero-order valence-corrected chi connectivity index (χ0v) is 14.4. The molecule has 0 bridgehead atoms. The van der Waals surface area contributed by atoms with Gasteiger partial charge in [-0.2, -0.15) is 0 Å². The van der Waals surface area contributed by atoms with E-state index in [1.807, 2.05) is 30.3 Å². The molecule has 3 nitrogen and oxygen atoms in total. The van der Waals surface area contributed by atoms with Crippen molar-refractivity contribution in [3.8, 4) is 0 Å². The number of carbonyl (C=O) groups excluding carboxylic acids is 1. The van der Waals surface area contributed by atoms with Crippen LogP contribution in [0.1, 0.15) is 16.1 Å². The number of amides is 1. The number of hydrogen-bond donors (Lipinski definition) is 2. The molecule has 6 heteroatoms. The normalized spacial score (nSPS) is 10.8. The highest BCUT2D eigenvalue weighted by Gasteiger charge is 2.17. The molecule has 3 aromatic rings. The average molecular weight is 363 g/mol. The molecule has 1 aromatic heterocycles. The van der Waals surface area contributed by atoms with Crippen molar-refractivity contribution in [2.45, 2.75) is 6.42 Å². The number of thiophene rings is 1. The lowest BCUT2D eigenvalue weighted by atomic mass is 10.2. The van der Waals surface area contributed by atoms with Crippen LogP contribution in [0.5, 0.6) is 0 Å². The summed E-state index contributed by atoms with van der Waals surface area (Å²) in [7, 11) is 0. The molecular formula is C18H16ClFN2OS. The van der Waals surface area contributed by atoms with E-state index in [2.05, 4.69) is 10.6 Å². The molecule has 3 rings (SSSR count). The van der Waals surface area contributed by atoms with Crippen LogP contribution in [0.3, 0.4) is 0 Å². The SMILES string of the molecule is O=C(NCCCNc1ccccc1)c1sc2cc(F)ccc2c1Cl. The monoisotopic (exact) mass is 362 g/mol. The number of hydrogen-bond acceptors (Lipinski definition) is 3. The third-order valence-corrected chi connectivity index (χ3v) is 5.20. The molecule has 1 amide bonds. The first kappa shape index (κ1) is 16.7. The predicted octanol–water partition coefficient (Wildman–Crippen LogP) is 4.93. The van der Waals surface area contributed by atoms with Crippen molar-refractivity contribution >= 4 is 44.6 Å². The fraction of sp³-hybridized carbons (Fsp3) is 0.167. The number of fused-ring (bicyclic) bond motifs is 1. The Bertz CT molecular complexity index is 851. The molecule has 0 fully saturated rings. The standard InChI is InChI=1S/C18H16ClFN2OS/c19-16-14-8-7-12(20)11-15(14)24-17(16)18(23)22-10-4-9-21-13-5-2-1-3-6-13/h1-3,5-8,11,21H,4,9-10H2,(H,22,23). The number of rotatable bonds is 6. The number of anilines is 1. The topological polar surface area (TPSA) is 41.1 Å². The first-order chi connectivity index (χ1) is 11.6. The highest BCUT2D eigenvalue weighted by Crippen LogP contribution is 2.35. The minimum Gasteiger partial charge on any atom is -0.385 e. The molecule has 0 spiro atoms. The summed E-state index contributed by atoms with van der Waals surface area (Å²) >= 11 is 7.45. The Morgan fingerprint density at radius 1 is 1.12 bits per heavy atom. The molecule has 0 aliphatic rings. The molecule has 0 saturated heterocycles. The van der Waals surface area contributed by atoms with Gasteiger partial charge in [-0.25, -0.2) is 4.39 Å². The molecule has 2 N–H and O–H groups in total. The predicted molar refractivity (Wildman–Crippen MR) is 98.7 cm³/mol. The lowest BCUT2D eigenvalue weighted by molar-refractivity contribution is 0.0958. The molecule has 2 aromatic carbocycles. The van der Waals surface area contributed by atoms with Crippen molar-refractivity contribution in [1.29, 1.82) is 0 Å². The smallest absolute Gasteiger partial charge is 0.262 e. The van der Waals surface area contributed by atoms with Crippen molar-refractivity contribution in [3.63, 3.8) is 0 Å². The van der Waals surface area contributed by atoms with Gasteiger partial charge in [-0.05, 0) is 36.8 Å². The van der Waals surface area contributed by atoms with Crippen LogP contribution in [-0.2, 0) is 0 Å². The Labute approximate surface area is 148 Å². The van der Waals surface area contributed by atoms with Crippen LogP contribution in [0.25, 0.3) is 10.1 Å². The quantitative estimate of drug-likeness (QED) is 0.611. The van der Waals surface area contributed by atoms with E-state index in [1.165, 1.54) is 23.5 Å². The van der Waals surface area contributed by atoms with Crippen molar-refractivity contribution in [2.75, 3.05) is 18.4 Å². The van der Waals surface area contributed by atoms with Crippen molar-refractivity contribution in [1.82, 2.24) is 5.32 Å². The van der Waals surface area contributed by atoms with Crippen LogP contribution >= 0.6 is 22.9 Å². The van der Waals surface area contributed by atoms with Gasteiger partial charge in [0.25, 0.3) is 5.91 Å². The largest absolute Gasteiger partial charge is 0.385 e. The van der Waals surface area contributed by atoms with Crippen molar-refractivity contribution < 1.29 is 9.18 Å². The zero-order chi connectivity index (χ0) is 16.9. The minimum absolute atomic E-state index is 0.221. The summed E-state index contributed by atoms with van der Waals surface area (Å²) < 4.78 is 13.9. The van der Waals surface area contributed by atoms with E-state index in [-0.39, 0.29) is 11.7 Å². The van der Waals surface area contributed by atoms with Gasteiger partial charge in [0.15, 0.2) is 0 Å². The first-order valence-corrected chi connectivity index (χ1v) is 8.79. The molecule has 124 valence electrons. The van der Waals surface area contributed by atoms with Crippen LogP contribution in [0.15, 0.2) is 48.5 Å². The average Bonchev–Trinajstić information content (AvgIpc) is 2.91. The molecular weight excluding hydrogens is 347 g/mol. The molecule has 0 aliphatic heterocycles. The summed E-state index contributed by atoms with van der Waals surface area (Å²) in [5, 5.41) is 7.23. The number of carbonyl (C=O) groups is 1. The van der Waals surface area contributed by atoms with E-state index >= 15 is 0 Å². The summed E-state index contributed by atoms with van der Waals surface area (Å²) in [6, 6.07) is 14.2. The second kappa shape index (κ2) is 7.64. The van der Waals surface area contributed by atoms with Crippen molar-refractivity contribution in [2.24, 2.45) is 0 Å². The Morgan fingerprint density at radius 3 is 2.71 bits per heavy atom. The van der Waals surface area contributed by atoms with Gasteiger partial charge in [0.05, 0.1) is 5.02 Å². The van der Waals surface area contributed by atoms with Crippen LogP contribution < -0.4 is 10.6 Å². The van der Waals surface area contributed by atoms with Gasteiger partial charge < -0.3 is 10.6 Å². The molecule has 0 atom stereocenters. The highest BCUT2D eigenvalue weighted by molar-refractivity contribution is 7.21. The van der Waals surface area contributed by atoms with Gasteiger partial charge in [-0.3, -0.25) is 4.79 Å². The summed E-state index contributed by atoms with van der Waals surface area (Å²) in [6.45, 7) is 1.30. The van der Waals surface area contributed by atoms with Gasteiger partial charge in [0.1, 0.15) is 10.7 Å². The van der Waals surface area contributed by atoms with Crippen LogP contribution in [0, 0.1) is 5.82 Å². The maximum Gasteiger partial charge on any atom is 0.262 e. The molecule has 1 heterocycles. The van der Waals surface area contributed by atoms with Crippen LogP contribution in [-0.4, -0.2) is 19.0 Å². The third-order valence-electron chi connectivity index (χ3n) is 3.54. The fourth-order valence-corrected chi connectivity index (χ4v) is 3.80. The highest BCUT2D eigenvalue weighted by atomic mass is 35.5. The van der Waals surface area contributed by atoms with E-state index in [0.29, 0.717) is 26.5 Å². The van der Waals surface area contributed by atoms with Gasteiger partial charge in [-0.15, -0.1) is 11.3 Å². The summed E-state index contributed by atoms with van der Waals surface area (Å²) in [5.74, 6) is -0.555. The van der Waals surface area contributed by atoms with E-state index in [4.69, 9.17) is 11.6 Å².